The largest absolute Gasteiger partial charge is 0.494 e. The molecule has 0 aliphatic rings. The number of hydrogen-bond acceptors (Lipinski definition) is 2. The van der Waals surface area contributed by atoms with Crippen molar-refractivity contribution in [2.45, 2.75) is 33.2 Å². The molecule has 1 unspecified atom stereocenters. The van der Waals surface area contributed by atoms with Crippen LogP contribution >= 0.6 is 0 Å². The summed E-state index contributed by atoms with van der Waals surface area (Å²) in [5, 5.41) is 5.83. The molecule has 128 valence electrons. The normalized spacial score (nSPS) is 11.6. The average Bonchev–Trinajstić information content (AvgIpc) is 2.56. The van der Waals surface area contributed by atoms with Gasteiger partial charge in [0.15, 0.2) is 0 Å². The van der Waals surface area contributed by atoms with Crippen LogP contribution in [0.25, 0.3) is 0 Å². The van der Waals surface area contributed by atoms with Crippen LogP contribution < -0.4 is 15.4 Å². The maximum absolute atomic E-state index is 11.9. The first kappa shape index (κ1) is 17.9. The first-order valence-corrected chi connectivity index (χ1v) is 8.35. The molecule has 0 aliphatic carbocycles. The standard InChI is InChI=1S/C20H26N2O2/c1-15-9-11-18(12-10-15)24-14-6-13-21-20(23)22-17(3)19-8-5-4-7-16(19)2/h4-5,7-12,17H,6,13-14H2,1-3H3,(H2,21,22,23). The second kappa shape index (κ2) is 8.96. The summed E-state index contributed by atoms with van der Waals surface area (Å²) in [6.45, 7) is 7.25. The molecule has 0 bridgehead atoms. The van der Waals surface area contributed by atoms with Crippen LogP contribution in [0.2, 0.25) is 0 Å². The summed E-state index contributed by atoms with van der Waals surface area (Å²) in [6.07, 6.45) is 0.764. The molecule has 0 saturated carbocycles. The molecule has 24 heavy (non-hydrogen) atoms. The van der Waals surface area contributed by atoms with E-state index in [0.717, 1.165) is 17.7 Å². The van der Waals surface area contributed by atoms with E-state index >= 15 is 0 Å². The zero-order chi connectivity index (χ0) is 17.4. The van der Waals surface area contributed by atoms with Gasteiger partial charge in [-0.25, -0.2) is 4.79 Å². The van der Waals surface area contributed by atoms with Gasteiger partial charge in [0.2, 0.25) is 0 Å². The smallest absolute Gasteiger partial charge is 0.315 e. The minimum atomic E-state index is -0.152. The number of hydrogen-bond donors (Lipinski definition) is 2. The number of benzene rings is 2. The fourth-order valence-corrected chi connectivity index (χ4v) is 2.50. The lowest BCUT2D eigenvalue weighted by molar-refractivity contribution is 0.236. The van der Waals surface area contributed by atoms with Crippen molar-refractivity contribution in [2.24, 2.45) is 0 Å². The minimum Gasteiger partial charge on any atom is -0.494 e. The summed E-state index contributed by atoms with van der Waals surface area (Å²) in [5.41, 5.74) is 3.52. The van der Waals surface area contributed by atoms with Crippen molar-refractivity contribution < 1.29 is 9.53 Å². The summed E-state index contributed by atoms with van der Waals surface area (Å²) >= 11 is 0. The molecule has 0 fully saturated rings. The van der Waals surface area contributed by atoms with Crippen LogP contribution in [0.15, 0.2) is 48.5 Å². The third kappa shape index (κ3) is 5.61. The van der Waals surface area contributed by atoms with Crippen molar-refractivity contribution >= 4 is 6.03 Å². The van der Waals surface area contributed by atoms with Gasteiger partial charge in [-0.15, -0.1) is 0 Å². The number of carbonyl (C=O) groups is 1. The van der Waals surface area contributed by atoms with Gasteiger partial charge in [-0.05, 0) is 50.5 Å². The van der Waals surface area contributed by atoms with Crippen LogP contribution in [0.5, 0.6) is 5.75 Å². The van der Waals surface area contributed by atoms with Gasteiger partial charge in [0.05, 0.1) is 12.6 Å². The first-order chi connectivity index (χ1) is 11.6. The topological polar surface area (TPSA) is 50.4 Å². The summed E-state index contributed by atoms with van der Waals surface area (Å²) in [6, 6.07) is 15.9. The van der Waals surface area contributed by atoms with Gasteiger partial charge in [-0.2, -0.15) is 0 Å². The highest BCUT2D eigenvalue weighted by molar-refractivity contribution is 5.74. The molecular formula is C20H26N2O2. The molecule has 1 atom stereocenters. The maximum Gasteiger partial charge on any atom is 0.315 e. The fourth-order valence-electron chi connectivity index (χ4n) is 2.50. The summed E-state index contributed by atoms with van der Waals surface area (Å²) in [7, 11) is 0. The van der Waals surface area contributed by atoms with E-state index < -0.39 is 0 Å². The fraction of sp³-hybridized carbons (Fsp3) is 0.350. The van der Waals surface area contributed by atoms with Crippen LogP contribution in [0, 0.1) is 13.8 Å². The molecule has 0 radical (unpaired) electrons. The average molecular weight is 326 g/mol. The van der Waals surface area contributed by atoms with Gasteiger partial charge in [0, 0.05) is 6.54 Å². The van der Waals surface area contributed by atoms with Crippen LogP contribution in [-0.4, -0.2) is 19.2 Å². The molecule has 0 aromatic heterocycles. The Kier molecular flexibility index (Phi) is 6.67. The molecule has 0 heterocycles. The summed E-state index contributed by atoms with van der Waals surface area (Å²) in [4.78, 5) is 11.9. The molecule has 2 N–H and O–H groups in total. The van der Waals surface area contributed by atoms with Crippen molar-refractivity contribution in [2.75, 3.05) is 13.2 Å². The van der Waals surface area contributed by atoms with Gasteiger partial charge in [0.25, 0.3) is 0 Å². The second-order valence-electron chi connectivity index (χ2n) is 5.99. The summed E-state index contributed by atoms with van der Waals surface area (Å²) in [5.74, 6) is 0.859. The van der Waals surface area contributed by atoms with Crippen molar-refractivity contribution in [3.63, 3.8) is 0 Å². The van der Waals surface area contributed by atoms with E-state index in [1.54, 1.807) is 0 Å². The highest BCUT2D eigenvalue weighted by Crippen LogP contribution is 2.16. The van der Waals surface area contributed by atoms with Crippen LogP contribution in [-0.2, 0) is 0 Å². The number of ether oxygens (including phenoxy) is 1. The molecule has 4 heteroatoms. The van der Waals surface area contributed by atoms with E-state index in [9.17, 15) is 4.79 Å². The number of nitrogens with one attached hydrogen (secondary N) is 2. The van der Waals surface area contributed by atoms with Crippen molar-refractivity contribution in [3.05, 3.63) is 65.2 Å². The lowest BCUT2D eigenvalue weighted by Gasteiger charge is -2.17. The van der Waals surface area contributed by atoms with Crippen LogP contribution in [0.4, 0.5) is 4.79 Å². The zero-order valence-electron chi connectivity index (χ0n) is 14.6. The second-order valence-corrected chi connectivity index (χ2v) is 5.99. The Morgan fingerprint density at radius 1 is 1.08 bits per heavy atom. The monoisotopic (exact) mass is 326 g/mol. The number of aryl methyl sites for hydroxylation is 2. The highest BCUT2D eigenvalue weighted by Gasteiger charge is 2.10. The Bertz CT molecular complexity index is 653. The molecule has 4 nitrogen and oxygen atoms in total. The molecule has 2 amide bonds. The third-order valence-corrected chi connectivity index (χ3v) is 3.90. The lowest BCUT2D eigenvalue weighted by atomic mass is 10.0. The number of urea groups is 1. The molecular weight excluding hydrogens is 300 g/mol. The SMILES string of the molecule is Cc1ccc(OCCCNC(=O)NC(C)c2ccccc2C)cc1. The van der Waals surface area contributed by atoms with Gasteiger partial charge >= 0.3 is 6.03 Å². The molecule has 0 spiro atoms. The minimum absolute atomic E-state index is 0.0185. The molecule has 2 aromatic rings. The van der Waals surface area contributed by atoms with Crippen molar-refractivity contribution in [1.82, 2.24) is 10.6 Å². The molecule has 2 aromatic carbocycles. The Morgan fingerprint density at radius 2 is 1.79 bits per heavy atom. The number of amides is 2. The molecule has 0 saturated heterocycles. The Hall–Kier alpha value is -2.49. The van der Waals surface area contributed by atoms with Gasteiger partial charge in [-0.1, -0.05) is 42.0 Å². The first-order valence-electron chi connectivity index (χ1n) is 8.35. The zero-order valence-corrected chi connectivity index (χ0v) is 14.6. The Balaban J connectivity index is 1.64. The quantitative estimate of drug-likeness (QED) is 0.752. The van der Waals surface area contributed by atoms with Crippen molar-refractivity contribution in [1.29, 1.82) is 0 Å². The van der Waals surface area contributed by atoms with E-state index in [1.165, 1.54) is 11.1 Å². The molecule has 2 rings (SSSR count). The van der Waals surface area contributed by atoms with E-state index in [1.807, 2.05) is 69.3 Å². The Morgan fingerprint density at radius 3 is 2.50 bits per heavy atom. The van der Waals surface area contributed by atoms with Gasteiger partial charge < -0.3 is 15.4 Å². The Labute approximate surface area is 144 Å². The van der Waals surface area contributed by atoms with E-state index in [4.69, 9.17) is 4.74 Å². The molecule has 0 aliphatic heterocycles. The predicted molar refractivity (Wildman–Crippen MR) is 97.4 cm³/mol. The van der Waals surface area contributed by atoms with E-state index in [2.05, 4.69) is 10.6 Å². The van der Waals surface area contributed by atoms with Gasteiger partial charge in [0.1, 0.15) is 5.75 Å². The number of rotatable bonds is 7. The van der Waals surface area contributed by atoms with Crippen molar-refractivity contribution in [3.8, 4) is 5.75 Å². The van der Waals surface area contributed by atoms with Crippen LogP contribution in [0.1, 0.15) is 36.1 Å². The number of carbonyl (C=O) groups excluding carboxylic acids is 1. The predicted octanol–water partition coefficient (Wildman–Crippen LogP) is 4.13. The van der Waals surface area contributed by atoms with E-state index in [0.29, 0.717) is 13.2 Å². The van der Waals surface area contributed by atoms with E-state index in [-0.39, 0.29) is 12.1 Å². The summed E-state index contributed by atoms with van der Waals surface area (Å²) < 4.78 is 5.64. The van der Waals surface area contributed by atoms with Crippen LogP contribution in [0.3, 0.4) is 0 Å². The van der Waals surface area contributed by atoms with Gasteiger partial charge in [-0.3, -0.25) is 0 Å². The maximum atomic E-state index is 11.9. The third-order valence-electron chi connectivity index (χ3n) is 3.90. The lowest BCUT2D eigenvalue weighted by Crippen LogP contribution is -2.38. The highest BCUT2D eigenvalue weighted by atomic mass is 16.5.